The fourth-order valence-electron chi connectivity index (χ4n) is 1.56. The van der Waals surface area contributed by atoms with Crippen LogP contribution in [-0.2, 0) is 14.8 Å². The van der Waals surface area contributed by atoms with Crippen molar-refractivity contribution < 1.29 is 22.7 Å². The summed E-state index contributed by atoms with van der Waals surface area (Å²) in [5, 5.41) is 8.82. The maximum atomic E-state index is 12.8. The molecule has 5 nitrogen and oxygen atoms in total. The lowest BCUT2D eigenvalue weighted by atomic mass is 10.2. The molecule has 106 valence electrons. The number of sulfonamides is 1. The van der Waals surface area contributed by atoms with Gasteiger partial charge in [-0.1, -0.05) is 6.92 Å². The molecule has 1 aromatic carbocycles. The van der Waals surface area contributed by atoms with Crippen LogP contribution in [0.1, 0.15) is 20.3 Å². The molecule has 0 fully saturated rings. The molecule has 1 atom stereocenters. The molecule has 19 heavy (non-hydrogen) atoms. The number of aliphatic carboxylic acids is 1. The molecular weight excluding hydrogens is 273 g/mol. The minimum Gasteiger partial charge on any atom is -0.480 e. The highest BCUT2D eigenvalue weighted by Gasteiger charge is 2.30. The zero-order valence-electron chi connectivity index (χ0n) is 10.7. The second-order valence-corrected chi connectivity index (χ2v) is 6.05. The Balaban J connectivity index is 3.18. The van der Waals surface area contributed by atoms with Gasteiger partial charge in [0.15, 0.2) is 0 Å². The largest absolute Gasteiger partial charge is 0.480 e. The Morgan fingerprint density at radius 3 is 2.32 bits per heavy atom. The zero-order chi connectivity index (χ0) is 14.6. The van der Waals surface area contributed by atoms with Crippen LogP contribution in [0, 0.1) is 5.82 Å². The molecule has 0 saturated heterocycles. The van der Waals surface area contributed by atoms with E-state index in [0.29, 0.717) is 6.42 Å². The lowest BCUT2D eigenvalue weighted by Crippen LogP contribution is -2.41. The molecule has 0 aliphatic heterocycles. The maximum Gasteiger partial charge on any atom is 0.318 e. The van der Waals surface area contributed by atoms with Crippen molar-refractivity contribution >= 4 is 16.0 Å². The minimum atomic E-state index is -3.94. The van der Waals surface area contributed by atoms with Crippen molar-refractivity contribution in [1.82, 2.24) is 4.31 Å². The molecule has 1 aromatic rings. The van der Waals surface area contributed by atoms with Gasteiger partial charge in [-0.05, 0) is 37.6 Å². The number of carbonyl (C=O) groups is 1. The molecule has 0 aliphatic rings. The Kier molecular flexibility index (Phi) is 5.02. The second-order valence-electron chi connectivity index (χ2n) is 4.16. The molecule has 0 radical (unpaired) electrons. The van der Waals surface area contributed by atoms with Crippen LogP contribution in [0.15, 0.2) is 29.2 Å². The molecule has 0 heterocycles. The third-order valence-electron chi connectivity index (χ3n) is 2.79. The van der Waals surface area contributed by atoms with Crippen LogP contribution in [0.5, 0.6) is 0 Å². The summed E-state index contributed by atoms with van der Waals surface area (Å²) in [4.78, 5) is 10.7. The molecular formula is C12H16FNO4S. The molecule has 1 N–H and O–H groups in total. The Bertz CT molecular complexity index is 541. The SMILES string of the molecule is CCC(C)N(CC(=O)O)S(=O)(=O)c1ccc(F)cc1. The van der Waals surface area contributed by atoms with Crippen LogP contribution in [0.25, 0.3) is 0 Å². The highest BCUT2D eigenvalue weighted by molar-refractivity contribution is 7.89. The lowest BCUT2D eigenvalue weighted by molar-refractivity contribution is -0.137. The van der Waals surface area contributed by atoms with Crippen LogP contribution in [-0.4, -0.2) is 36.4 Å². The predicted molar refractivity (Wildman–Crippen MR) is 67.7 cm³/mol. The summed E-state index contributed by atoms with van der Waals surface area (Å²) in [7, 11) is -3.94. The minimum absolute atomic E-state index is 0.115. The highest BCUT2D eigenvalue weighted by Crippen LogP contribution is 2.19. The predicted octanol–water partition coefficient (Wildman–Crippen LogP) is 1.70. The van der Waals surface area contributed by atoms with Gasteiger partial charge in [-0.3, -0.25) is 4.79 Å². The van der Waals surface area contributed by atoms with Crippen molar-refractivity contribution in [3.05, 3.63) is 30.1 Å². The van der Waals surface area contributed by atoms with E-state index in [-0.39, 0.29) is 4.90 Å². The molecule has 1 rings (SSSR count). The smallest absolute Gasteiger partial charge is 0.318 e. The van der Waals surface area contributed by atoms with E-state index in [1.165, 1.54) is 0 Å². The number of benzene rings is 1. The van der Waals surface area contributed by atoms with Crippen molar-refractivity contribution in [2.24, 2.45) is 0 Å². The Labute approximate surface area is 111 Å². The first-order chi connectivity index (χ1) is 8.78. The topological polar surface area (TPSA) is 74.7 Å². The van der Waals surface area contributed by atoms with Crippen LogP contribution in [0.2, 0.25) is 0 Å². The number of hydrogen-bond acceptors (Lipinski definition) is 3. The lowest BCUT2D eigenvalue weighted by Gasteiger charge is -2.26. The molecule has 0 bridgehead atoms. The van der Waals surface area contributed by atoms with Crippen molar-refractivity contribution in [1.29, 1.82) is 0 Å². The molecule has 1 unspecified atom stereocenters. The molecule has 0 saturated carbocycles. The van der Waals surface area contributed by atoms with Gasteiger partial charge in [-0.25, -0.2) is 12.8 Å². The third kappa shape index (κ3) is 3.74. The summed E-state index contributed by atoms with van der Waals surface area (Å²) in [6, 6.07) is 3.86. The van der Waals surface area contributed by atoms with Gasteiger partial charge >= 0.3 is 5.97 Å². The van der Waals surface area contributed by atoms with E-state index >= 15 is 0 Å². The average Bonchev–Trinajstić information content (AvgIpc) is 2.35. The van der Waals surface area contributed by atoms with Gasteiger partial charge in [-0.15, -0.1) is 0 Å². The van der Waals surface area contributed by atoms with Gasteiger partial charge in [0.1, 0.15) is 12.4 Å². The van der Waals surface area contributed by atoms with Crippen LogP contribution in [0.3, 0.4) is 0 Å². The van der Waals surface area contributed by atoms with Gasteiger partial charge in [-0.2, -0.15) is 4.31 Å². The maximum absolute atomic E-state index is 12.8. The van der Waals surface area contributed by atoms with Crippen LogP contribution >= 0.6 is 0 Å². The van der Waals surface area contributed by atoms with E-state index in [2.05, 4.69) is 0 Å². The van der Waals surface area contributed by atoms with E-state index in [1.807, 2.05) is 0 Å². The first kappa shape index (κ1) is 15.6. The number of rotatable bonds is 6. The summed E-state index contributed by atoms with van der Waals surface area (Å²) >= 11 is 0. The van der Waals surface area contributed by atoms with E-state index < -0.39 is 34.4 Å². The van der Waals surface area contributed by atoms with Gasteiger partial charge in [0, 0.05) is 6.04 Å². The Morgan fingerprint density at radius 1 is 1.37 bits per heavy atom. The second kappa shape index (κ2) is 6.12. The monoisotopic (exact) mass is 289 g/mol. The number of halogens is 1. The summed E-state index contributed by atoms with van der Waals surface area (Å²) in [6.45, 7) is 2.78. The first-order valence-corrected chi connectivity index (χ1v) is 7.22. The molecule has 0 aromatic heterocycles. The van der Waals surface area contributed by atoms with E-state index in [0.717, 1.165) is 28.6 Å². The number of hydrogen-bond donors (Lipinski definition) is 1. The van der Waals surface area contributed by atoms with Crippen LogP contribution < -0.4 is 0 Å². The number of carboxylic acids is 1. The molecule has 7 heteroatoms. The Morgan fingerprint density at radius 2 is 1.89 bits per heavy atom. The van der Waals surface area contributed by atoms with Crippen LogP contribution in [0.4, 0.5) is 4.39 Å². The van der Waals surface area contributed by atoms with Gasteiger partial charge in [0.2, 0.25) is 10.0 Å². The third-order valence-corrected chi connectivity index (χ3v) is 4.77. The number of nitrogens with zero attached hydrogens (tertiary/aromatic N) is 1. The number of carboxylic acid groups (broad SMARTS) is 1. The van der Waals surface area contributed by atoms with E-state index in [9.17, 15) is 17.6 Å². The zero-order valence-corrected chi connectivity index (χ0v) is 11.5. The van der Waals surface area contributed by atoms with E-state index in [1.54, 1.807) is 13.8 Å². The average molecular weight is 289 g/mol. The fourth-order valence-corrected chi connectivity index (χ4v) is 3.21. The summed E-state index contributed by atoms with van der Waals surface area (Å²) in [5.74, 6) is -1.78. The molecule has 0 amide bonds. The van der Waals surface area contributed by atoms with Gasteiger partial charge < -0.3 is 5.11 Å². The van der Waals surface area contributed by atoms with Gasteiger partial charge in [0.05, 0.1) is 4.90 Å². The standard InChI is InChI=1S/C12H16FNO4S/c1-3-9(2)14(8-12(15)16)19(17,18)11-6-4-10(13)5-7-11/h4-7,9H,3,8H2,1-2H3,(H,15,16). The highest BCUT2D eigenvalue weighted by atomic mass is 32.2. The normalized spacial score (nSPS) is 13.5. The summed E-state index contributed by atoms with van der Waals surface area (Å²) in [5.41, 5.74) is 0. The molecule has 0 spiro atoms. The first-order valence-electron chi connectivity index (χ1n) is 5.78. The van der Waals surface area contributed by atoms with Crippen molar-refractivity contribution in [3.8, 4) is 0 Å². The van der Waals surface area contributed by atoms with Gasteiger partial charge in [0.25, 0.3) is 0 Å². The van der Waals surface area contributed by atoms with Crippen molar-refractivity contribution in [2.75, 3.05) is 6.54 Å². The fraction of sp³-hybridized carbons (Fsp3) is 0.417. The van der Waals surface area contributed by atoms with Crippen molar-refractivity contribution in [3.63, 3.8) is 0 Å². The molecule has 0 aliphatic carbocycles. The summed E-state index contributed by atoms with van der Waals surface area (Å²) in [6.07, 6.45) is 0.480. The summed E-state index contributed by atoms with van der Waals surface area (Å²) < 4.78 is 38.4. The van der Waals surface area contributed by atoms with E-state index in [4.69, 9.17) is 5.11 Å². The Hall–Kier alpha value is -1.47. The van der Waals surface area contributed by atoms with Crippen molar-refractivity contribution in [2.45, 2.75) is 31.2 Å². The quantitative estimate of drug-likeness (QED) is 0.865.